The van der Waals surface area contributed by atoms with Gasteiger partial charge < -0.3 is 10.3 Å². The molecular weight excluding hydrogens is 217 g/mol. The van der Waals surface area contributed by atoms with Gasteiger partial charge in [-0.25, -0.2) is 9.37 Å². The van der Waals surface area contributed by atoms with Crippen LogP contribution in [0, 0.1) is 12.7 Å². The standard InChI is InChI=1S/C13H16FN3/c1-10-8-11(2-3-12(10)14)9-15-5-4-13-16-6-7-17-13/h2-3,6-8,15H,4-5,9H2,1H3,(H,16,17). The smallest absolute Gasteiger partial charge is 0.126 e. The van der Waals surface area contributed by atoms with E-state index in [1.807, 2.05) is 18.3 Å². The second-order valence-corrected chi connectivity index (χ2v) is 4.05. The van der Waals surface area contributed by atoms with E-state index in [4.69, 9.17) is 0 Å². The molecule has 4 heteroatoms. The summed E-state index contributed by atoms with van der Waals surface area (Å²) in [7, 11) is 0. The van der Waals surface area contributed by atoms with Crippen molar-refractivity contribution in [3.8, 4) is 0 Å². The fourth-order valence-corrected chi connectivity index (χ4v) is 1.69. The van der Waals surface area contributed by atoms with Gasteiger partial charge in [0.1, 0.15) is 11.6 Å². The van der Waals surface area contributed by atoms with Crippen molar-refractivity contribution in [1.29, 1.82) is 0 Å². The van der Waals surface area contributed by atoms with Crippen molar-refractivity contribution < 1.29 is 4.39 Å². The van der Waals surface area contributed by atoms with Crippen LogP contribution in [0.25, 0.3) is 0 Å². The Kier molecular flexibility index (Phi) is 3.88. The molecule has 0 amide bonds. The SMILES string of the molecule is Cc1cc(CNCCc2ncc[nH]2)ccc1F. The number of hydrogen-bond acceptors (Lipinski definition) is 2. The molecule has 0 saturated carbocycles. The molecule has 2 aromatic rings. The molecule has 0 aliphatic rings. The Balaban J connectivity index is 1.76. The number of nitrogens with zero attached hydrogens (tertiary/aromatic N) is 1. The van der Waals surface area contributed by atoms with Crippen LogP contribution in [-0.2, 0) is 13.0 Å². The summed E-state index contributed by atoms with van der Waals surface area (Å²) in [6.45, 7) is 3.38. The highest BCUT2D eigenvalue weighted by atomic mass is 19.1. The lowest BCUT2D eigenvalue weighted by Crippen LogP contribution is -2.17. The molecule has 2 N–H and O–H groups in total. The van der Waals surface area contributed by atoms with Gasteiger partial charge in [-0.1, -0.05) is 12.1 Å². The summed E-state index contributed by atoms with van der Waals surface area (Å²) in [5, 5.41) is 3.30. The lowest BCUT2D eigenvalue weighted by atomic mass is 10.1. The Bertz CT molecular complexity index is 466. The van der Waals surface area contributed by atoms with E-state index in [9.17, 15) is 4.39 Å². The van der Waals surface area contributed by atoms with E-state index in [-0.39, 0.29) is 5.82 Å². The molecule has 0 atom stereocenters. The number of imidazole rings is 1. The number of halogens is 1. The molecule has 1 aromatic carbocycles. The third kappa shape index (κ3) is 3.39. The second kappa shape index (κ2) is 5.59. The summed E-state index contributed by atoms with van der Waals surface area (Å²) in [5.74, 6) is 0.831. The first kappa shape index (κ1) is 11.8. The minimum absolute atomic E-state index is 0.149. The minimum atomic E-state index is -0.149. The quantitative estimate of drug-likeness (QED) is 0.777. The predicted octanol–water partition coefficient (Wildman–Crippen LogP) is 2.19. The van der Waals surface area contributed by atoms with Crippen LogP contribution >= 0.6 is 0 Å². The maximum absolute atomic E-state index is 13.0. The van der Waals surface area contributed by atoms with Crippen LogP contribution in [0.15, 0.2) is 30.6 Å². The Labute approximate surface area is 100 Å². The fraction of sp³-hybridized carbons (Fsp3) is 0.308. The number of rotatable bonds is 5. The number of hydrogen-bond donors (Lipinski definition) is 2. The lowest BCUT2D eigenvalue weighted by Gasteiger charge is -2.05. The number of H-pyrrole nitrogens is 1. The summed E-state index contributed by atoms with van der Waals surface area (Å²) in [6, 6.07) is 5.19. The van der Waals surface area contributed by atoms with Crippen LogP contribution in [0.4, 0.5) is 4.39 Å². The average Bonchev–Trinajstić information content (AvgIpc) is 2.82. The average molecular weight is 233 g/mol. The van der Waals surface area contributed by atoms with Crippen molar-refractivity contribution in [1.82, 2.24) is 15.3 Å². The summed E-state index contributed by atoms with van der Waals surface area (Å²) >= 11 is 0. The molecule has 0 spiro atoms. The number of nitrogens with one attached hydrogen (secondary N) is 2. The molecule has 17 heavy (non-hydrogen) atoms. The van der Waals surface area contributed by atoms with Gasteiger partial charge in [0.2, 0.25) is 0 Å². The highest BCUT2D eigenvalue weighted by Gasteiger charge is 1.99. The van der Waals surface area contributed by atoms with Crippen molar-refractivity contribution >= 4 is 0 Å². The zero-order valence-corrected chi connectivity index (χ0v) is 9.83. The van der Waals surface area contributed by atoms with Crippen molar-refractivity contribution in [2.45, 2.75) is 19.9 Å². The van der Waals surface area contributed by atoms with Crippen LogP contribution in [0.1, 0.15) is 17.0 Å². The van der Waals surface area contributed by atoms with E-state index in [0.717, 1.165) is 30.9 Å². The van der Waals surface area contributed by atoms with E-state index in [1.54, 1.807) is 13.1 Å². The van der Waals surface area contributed by atoms with Crippen LogP contribution in [-0.4, -0.2) is 16.5 Å². The van der Waals surface area contributed by atoms with E-state index in [1.165, 1.54) is 6.07 Å². The Morgan fingerprint density at radius 3 is 3.00 bits per heavy atom. The molecule has 1 aromatic heterocycles. The van der Waals surface area contributed by atoms with Gasteiger partial charge in [-0.05, 0) is 24.1 Å². The number of benzene rings is 1. The van der Waals surface area contributed by atoms with Gasteiger partial charge in [0.25, 0.3) is 0 Å². The molecule has 0 fully saturated rings. The molecule has 0 aliphatic carbocycles. The van der Waals surface area contributed by atoms with Gasteiger partial charge in [0.15, 0.2) is 0 Å². The van der Waals surface area contributed by atoms with Crippen molar-refractivity contribution in [2.24, 2.45) is 0 Å². The summed E-state index contributed by atoms with van der Waals surface area (Å²) in [4.78, 5) is 7.19. The third-order valence-electron chi connectivity index (χ3n) is 2.64. The van der Waals surface area contributed by atoms with Gasteiger partial charge >= 0.3 is 0 Å². The van der Waals surface area contributed by atoms with Crippen LogP contribution in [0.2, 0.25) is 0 Å². The molecule has 0 radical (unpaired) electrons. The van der Waals surface area contributed by atoms with Gasteiger partial charge in [0.05, 0.1) is 0 Å². The maximum atomic E-state index is 13.0. The van der Waals surface area contributed by atoms with E-state index in [2.05, 4.69) is 15.3 Å². The van der Waals surface area contributed by atoms with Crippen LogP contribution in [0.3, 0.4) is 0 Å². The van der Waals surface area contributed by atoms with Gasteiger partial charge in [-0.2, -0.15) is 0 Å². The summed E-state index contributed by atoms with van der Waals surface area (Å²) in [5.41, 5.74) is 1.79. The monoisotopic (exact) mass is 233 g/mol. The first-order valence-corrected chi connectivity index (χ1v) is 5.70. The largest absolute Gasteiger partial charge is 0.349 e. The molecule has 3 nitrogen and oxygen atoms in total. The Morgan fingerprint density at radius 1 is 1.41 bits per heavy atom. The highest BCUT2D eigenvalue weighted by molar-refractivity contribution is 5.23. The fourth-order valence-electron chi connectivity index (χ4n) is 1.69. The van der Waals surface area contributed by atoms with Crippen molar-refractivity contribution in [3.63, 3.8) is 0 Å². The predicted molar refractivity (Wildman–Crippen MR) is 65.1 cm³/mol. The Hall–Kier alpha value is -1.68. The highest BCUT2D eigenvalue weighted by Crippen LogP contribution is 2.08. The van der Waals surface area contributed by atoms with Gasteiger partial charge in [-0.3, -0.25) is 0 Å². The van der Waals surface area contributed by atoms with Crippen molar-refractivity contribution in [3.05, 3.63) is 53.4 Å². The molecule has 0 bridgehead atoms. The number of aromatic amines is 1. The van der Waals surface area contributed by atoms with E-state index >= 15 is 0 Å². The van der Waals surface area contributed by atoms with Crippen LogP contribution in [0.5, 0.6) is 0 Å². The molecule has 0 unspecified atom stereocenters. The topological polar surface area (TPSA) is 40.7 Å². The molecule has 90 valence electrons. The summed E-state index contributed by atoms with van der Waals surface area (Å²) < 4.78 is 13.0. The summed E-state index contributed by atoms with van der Waals surface area (Å²) in [6.07, 6.45) is 4.44. The third-order valence-corrected chi connectivity index (χ3v) is 2.64. The second-order valence-electron chi connectivity index (χ2n) is 4.05. The first-order chi connectivity index (χ1) is 8.25. The molecule has 2 rings (SSSR count). The van der Waals surface area contributed by atoms with Crippen molar-refractivity contribution in [2.75, 3.05) is 6.54 Å². The van der Waals surface area contributed by atoms with Gasteiger partial charge in [0, 0.05) is 31.9 Å². The number of aryl methyl sites for hydroxylation is 1. The lowest BCUT2D eigenvalue weighted by molar-refractivity contribution is 0.615. The molecule has 0 saturated heterocycles. The van der Waals surface area contributed by atoms with E-state index < -0.39 is 0 Å². The Morgan fingerprint density at radius 2 is 2.29 bits per heavy atom. The molecule has 0 aliphatic heterocycles. The normalized spacial score (nSPS) is 10.7. The first-order valence-electron chi connectivity index (χ1n) is 5.70. The minimum Gasteiger partial charge on any atom is -0.349 e. The molecular formula is C13H16FN3. The van der Waals surface area contributed by atoms with E-state index in [0.29, 0.717) is 5.56 Å². The van der Waals surface area contributed by atoms with Gasteiger partial charge in [-0.15, -0.1) is 0 Å². The van der Waals surface area contributed by atoms with Crippen LogP contribution < -0.4 is 5.32 Å². The molecule has 1 heterocycles. The maximum Gasteiger partial charge on any atom is 0.126 e. The number of aromatic nitrogens is 2. The zero-order valence-electron chi connectivity index (χ0n) is 9.83. The zero-order chi connectivity index (χ0) is 12.1.